The maximum absolute atomic E-state index is 9.19. The van der Waals surface area contributed by atoms with Gasteiger partial charge < -0.3 is 19.9 Å². The van der Waals surface area contributed by atoms with Crippen LogP contribution in [0, 0.1) is 0 Å². The van der Waals surface area contributed by atoms with Gasteiger partial charge in [-0.15, -0.1) is 0 Å². The van der Waals surface area contributed by atoms with E-state index in [0.29, 0.717) is 42.0 Å². The summed E-state index contributed by atoms with van der Waals surface area (Å²) in [5.74, 6) is 0.671. The SMILES string of the molecule is COCC(C)(CCO)NCC1=Cc2cc(Cl)cc(Cl)c2OC1. The smallest absolute Gasteiger partial charge is 0.145 e. The third-order valence-electron chi connectivity index (χ3n) is 3.67. The van der Waals surface area contributed by atoms with Crippen LogP contribution in [0.3, 0.4) is 0 Å². The number of aliphatic hydroxyl groups excluding tert-OH is 1. The highest BCUT2D eigenvalue weighted by Gasteiger charge is 2.24. The zero-order valence-electron chi connectivity index (χ0n) is 12.8. The molecule has 0 spiro atoms. The Balaban J connectivity index is 2.09. The van der Waals surface area contributed by atoms with Crippen molar-refractivity contribution in [1.29, 1.82) is 0 Å². The first-order chi connectivity index (χ1) is 10.5. The normalized spacial score (nSPS) is 16.5. The molecule has 6 heteroatoms. The van der Waals surface area contributed by atoms with E-state index in [1.807, 2.05) is 19.1 Å². The maximum atomic E-state index is 9.19. The van der Waals surface area contributed by atoms with Crippen molar-refractivity contribution in [2.75, 3.05) is 33.5 Å². The van der Waals surface area contributed by atoms with Crippen LogP contribution in [-0.4, -0.2) is 44.1 Å². The van der Waals surface area contributed by atoms with E-state index in [1.165, 1.54) is 0 Å². The molecule has 4 nitrogen and oxygen atoms in total. The number of hydrogen-bond donors (Lipinski definition) is 2. The lowest BCUT2D eigenvalue weighted by Crippen LogP contribution is -2.48. The number of aliphatic hydroxyl groups is 1. The van der Waals surface area contributed by atoms with Crippen molar-refractivity contribution in [2.24, 2.45) is 0 Å². The predicted octanol–water partition coefficient (Wildman–Crippen LogP) is 3.15. The van der Waals surface area contributed by atoms with Gasteiger partial charge in [0.2, 0.25) is 0 Å². The van der Waals surface area contributed by atoms with Crippen LogP contribution in [0.25, 0.3) is 6.08 Å². The number of hydrogen-bond acceptors (Lipinski definition) is 4. The van der Waals surface area contributed by atoms with Crippen LogP contribution in [0.2, 0.25) is 10.0 Å². The fraction of sp³-hybridized carbons (Fsp3) is 0.500. The topological polar surface area (TPSA) is 50.7 Å². The van der Waals surface area contributed by atoms with E-state index >= 15 is 0 Å². The van der Waals surface area contributed by atoms with E-state index in [2.05, 4.69) is 5.32 Å². The highest BCUT2D eigenvalue weighted by Crippen LogP contribution is 2.36. The molecule has 2 N–H and O–H groups in total. The van der Waals surface area contributed by atoms with Crippen molar-refractivity contribution < 1.29 is 14.6 Å². The Bertz CT molecular complexity index is 555. The second-order valence-electron chi connectivity index (χ2n) is 5.72. The van der Waals surface area contributed by atoms with Gasteiger partial charge in [-0.1, -0.05) is 23.2 Å². The van der Waals surface area contributed by atoms with E-state index in [1.54, 1.807) is 13.2 Å². The van der Waals surface area contributed by atoms with E-state index in [4.69, 9.17) is 32.7 Å². The van der Waals surface area contributed by atoms with Crippen LogP contribution in [0.4, 0.5) is 0 Å². The van der Waals surface area contributed by atoms with Crippen LogP contribution in [-0.2, 0) is 4.74 Å². The van der Waals surface area contributed by atoms with Crippen molar-refractivity contribution in [1.82, 2.24) is 5.32 Å². The minimum atomic E-state index is -0.281. The lowest BCUT2D eigenvalue weighted by molar-refractivity contribution is 0.0995. The molecule has 1 aromatic carbocycles. The summed E-state index contributed by atoms with van der Waals surface area (Å²) in [5, 5.41) is 13.7. The predicted molar refractivity (Wildman–Crippen MR) is 89.9 cm³/mol. The lowest BCUT2D eigenvalue weighted by Gasteiger charge is -2.31. The van der Waals surface area contributed by atoms with Gasteiger partial charge in [0.05, 0.1) is 11.6 Å². The molecule has 1 aromatic rings. The summed E-state index contributed by atoms with van der Waals surface area (Å²) >= 11 is 12.2. The molecule has 0 saturated heterocycles. The second kappa shape index (κ2) is 7.66. The van der Waals surface area contributed by atoms with Gasteiger partial charge >= 0.3 is 0 Å². The minimum Gasteiger partial charge on any atom is -0.487 e. The van der Waals surface area contributed by atoms with E-state index in [0.717, 1.165) is 11.1 Å². The van der Waals surface area contributed by atoms with Gasteiger partial charge in [0.25, 0.3) is 0 Å². The Labute approximate surface area is 141 Å². The van der Waals surface area contributed by atoms with Gasteiger partial charge in [0.1, 0.15) is 12.4 Å². The van der Waals surface area contributed by atoms with Crippen molar-refractivity contribution in [3.63, 3.8) is 0 Å². The van der Waals surface area contributed by atoms with Crippen molar-refractivity contribution >= 4 is 29.3 Å². The van der Waals surface area contributed by atoms with Crippen molar-refractivity contribution in [3.05, 3.63) is 33.3 Å². The molecule has 0 aromatic heterocycles. The molecule has 1 aliphatic rings. The molecule has 0 saturated carbocycles. The molecule has 1 heterocycles. The van der Waals surface area contributed by atoms with E-state index in [9.17, 15) is 5.11 Å². The van der Waals surface area contributed by atoms with Gasteiger partial charge in [0, 0.05) is 36.4 Å². The Morgan fingerprint density at radius 2 is 2.18 bits per heavy atom. The molecular formula is C16H21Cl2NO3. The summed E-state index contributed by atoms with van der Waals surface area (Å²) < 4.78 is 11.0. The molecule has 0 radical (unpaired) electrons. The number of rotatable bonds is 7. The molecule has 2 rings (SSSR count). The van der Waals surface area contributed by atoms with Crippen LogP contribution < -0.4 is 10.1 Å². The van der Waals surface area contributed by atoms with E-state index < -0.39 is 0 Å². The lowest BCUT2D eigenvalue weighted by atomic mass is 9.98. The molecule has 0 aliphatic carbocycles. The third kappa shape index (κ3) is 4.37. The van der Waals surface area contributed by atoms with Crippen LogP contribution >= 0.6 is 23.2 Å². The van der Waals surface area contributed by atoms with Crippen LogP contribution in [0.1, 0.15) is 18.9 Å². The first kappa shape index (κ1) is 17.6. The molecule has 0 amide bonds. The fourth-order valence-corrected chi connectivity index (χ4v) is 3.04. The molecule has 122 valence electrons. The summed E-state index contributed by atoms with van der Waals surface area (Å²) in [5.41, 5.74) is 1.69. The maximum Gasteiger partial charge on any atom is 0.145 e. The summed E-state index contributed by atoms with van der Waals surface area (Å²) in [4.78, 5) is 0. The zero-order chi connectivity index (χ0) is 16.2. The minimum absolute atomic E-state index is 0.108. The summed E-state index contributed by atoms with van der Waals surface area (Å²) in [6.45, 7) is 3.78. The molecule has 1 unspecified atom stereocenters. The number of ether oxygens (including phenoxy) is 2. The van der Waals surface area contributed by atoms with Gasteiger partial charge in [0.15, 0.2) is 0 Å². The van der Waals surface area contributed by atoms with Crippen LogP contribution in [0.5, 0.6) is 5.75 Å². The number of nitrogens with one attached hydrogen (secondary N) is 1. The number of halogens is 2. The van der Waals surface area contributed by atoms with Crippen molar-refractivity contribution in [2.45, 2.75) is 18.9 Å². The van der Waals surface area contributed by atoms with Crippen molar-refractivity contribution in [3.8, 4) is 5.75 Å². The van der Waals surface area contributed by atoms with E-state index in [-0.39, 0.29) is 12.1 Å². The quantitative estimate of drug-likeness (QED) is 0.796. The second-order valence-corrected chi connectivity index (χ2v) is 6.56. The molecule has 0 fully saturated rings. The number of benzene rings is 1. The third-order valence-corrected chi connectivity index (χ3v) is 4.17. The number of methoxy groups -OCH3 is 1. The fourth-order valence-electron chi connectivity index (χ4n) is 2.47. The van der Waals surface area contributed by atoms with Gasteiger partial charge in [-0.3, -0.25) is 0 Å². The summed E-state index contributed by atoms with van der Waals surface area (Å²) in [6.07, 6.45) is 2.65. The average Bonchev–Trinajstić information content (AvgIpc) is 2.45. The molecule has 1 atom stereocenters. The molecular weight excluding hydrogens is 325 g/mol. The number of fused-ring (bicyclic) bond motifs is 1. The summed E-state index contributed by atoms with van der Waals surface area (Å²) in [6, 6.07) is 3.51. The zero-order valence-corrected chi connectivity index (χ0v) is 14.3. The standard InChI is InChI=1S/C16H21Cl2NO3/c1-16(3-4-20,10-21-2)19-8-11-5-12-6-13(17)7-14(18)15(12)22-9-11/h5-7,19-20H,3-4,8-10H2,1-2H3. The Kier molecular flexibility index (Phi) is 6.12. The molecule has 22 heavy (non-hydrogen) atoms. The Hall–Kier alpha value is -0.780. The average molecular weight is 346 g/mol. The Morgan fingerprint density at radius 1 is 1.41 bits per heavy atom. The molecule has 1 aliphatic heterocycles. The monoisotopic (exact) mass is 345 g/mol. The highest BCUT2D eigenvalue weighted by molar-refractivity contribution is 6.36. The first-order valence-corrected chi connectivity index (χ1v) is 7.89. The highest BCUT2D eigenvalue weighted by atomic mass is 35.5. The first-order valence-electron chi connectivity index (χ1n) is 7.13. The van der Waals surface area contributed by atoms with Crippen LogP contribution in [0.15, 0.2) is 17.7 Å². The van der Waals surface area contributed by atoms with Gasteiger partial charge in [-0.25, -0.2) is 0 Å². The van der Waals surface area contributed by atoms with Gasteiger partial charge in [-0.05, 0) is 37.1 Å². The largest absolute Gasteiger partial charge is 0.487 e. The summed E-state index contributed by atoms with van der Waals surface area (Å²) in [7, 11) is 1.65. The Morgan fingerprint density at radius 3 is 2.86 bits per heavy atom. The van der Waals surface area contributed by atoms with Gasteiger partial charge in [-0.2, -0.15) is 0 Å². The molecule has 0 bridgehead atoms.